The number of rotatable bonds is 1. The molecule has 0 saturated carbocycles. The summed E-state index contributed by atoms with van der Waals surface area (Å²) < 4.78 is 0. The van der Waals surface area contributed by atoms with Crippen molar-refractivity contribution < 1.29 is 0 Å². The van der Waals surface area contributed by atoms with Gasteiger partial charge < -0.3 is 5.73 Å². The molecule has 1 aromatic heterocycles. The van der Waals surface area contributed by atoms with E-state index in [1.165, 1.54) is 35.6 Å². The van der Waals surface area contributed by atoms with Crippen LogP contribution in [0.3, 0.4) is 0 Å². The number of anilines is 1. The fraction of sp³-hybridized carbons (Fsp3) is 0.667. The molecule has 0 aromatic carbocycles. The molecular formula is C9H14N2S2. The highest BCUT2D eigenvalue weighted by molar-refractivity contribution is 7.99. The molecule has 1 fully saturated rings. The van der Waals surface area contributed by atoms with Crippen molar-refractivity contribution >= 4 is 28.2 Å². The lowest BCUT2D eigenvalue weighted by atomic mass is 10.1. The smallest absolute Gasteiger partial charge is 0.180 e. The Labute approximate surface area is 86.9 Å². The Hall–Kier alpha value is -0.220. The Bertz CT molecular complexity index is 290. The first kappa shape index (κ1) is 9.34. The zero-order valence-electron chi connectivity index (χ0n) is 7.75. The molecule has 72 valence electrons. The summed E-state index contributed by atoms with van der Waals surface area (Å²) in [5, 5.41) is 1.33. The van der Waals surface area contributed by atoms with E-state index in [1.807, 2.05) is 11.8 Å². The van der Waals surface area contributed by atoms with Gasteiger partial charge in [-0.25, -0.2) is 4.98 Å². The molecule has 1 saturated heterocycles. The molecule has 1 aliphatic heterocycles. The summed E-state index contributed by atoms with van der Waals surface area (Å²) in [5.41, 5.74) is 6.93. The van der Waals surface area contributed by atoms with E-state index in [4.69, 9.17) is 5.73 Å². The van der Waals surface area contributed by atoms with Crippen LogP contribution >= 0.6 is 23.1 Å². The summed E-state index contributed by atoms with van der Waals surface area (Å²) in [6.45, 7) is 2.12. The SMILES string of the molecule is Cc1sc(N)nc1C1CCCCS1. The Morgan fingerprint density at radius 1 is 1.46 bits per heavy atom. The maximum atomic E-state index is 5.68. The topological polar surface area (TPSA) is 38.9 Å². The van der Waals surface area contributed by atoms with Gasteiger partial charge in [0.15, 0.2) is 5.13 Å². The number of nitrogens with two attached hydrogens (primary N) is 1. The van der Waals surface area contributed by atoms with Crippen LogP contribution in [0.4, 0.5) is 5.13 Å². The monoisotopic (exact) mass is 214 g/mol. The molecule has 1 aromatic rings. The van der Waals surface area contributed by atoms with Crippen LogP contribution in [0.2, 0.25) is 0 Å². The van der Waals surface area contributed by atoms with Gasteiger partial charge in [0.1, 0.15) is 0 Å². The molecular weight excluding hydrogens is 200 g/mol. The zero-order valence-corrected chi connectivity index (χ0v) is 9.38. The van der Waals surface area contributed by atoms with Gasteiger partial charge in [-0.3, -0.25) is 0 Å². The highest BCUT2D eigenvalue weighted by Crippen LogP contribution is 2.40. The minimum Gasteiger partial charge on any atom is -0.375 e. The van der Waals surface area contributed by atoms with Gasteiger partial charge in [0.25, 0.3) is 0 Å². The second kappa shape index (κ2) is 3.88. The van der Waals surface area contributed by atoms with Crippen molar-refractivity contribution in [3.8, 4) is 0 Å². The van der Waals surface area contributed by atoms with E-state index in [0.717, 1.165) is 5.13 Å². The summed E-state index contributed by atoms with van der Waals surface area (Å²) >= 11 is 3.65. The van der Waals surface area contributed by atoms with Crippen LogP contribution < -0.4 is 5.73 Å². The molecule has 2 nitrogen and oxygen atoms in total. The van der Waals surface area contributed by atoms with E-state index in [0.29, 0.717) is 5.25 Å². The van der Waals surface area contributed by atoms with Crippen LogP contribution in [0, 0.1) is 6.92 Å². The first-order valence-corrected chi connectivity index (χ1v) is 6.48. The second-order valence-corrected chi connectivity index (χ2v) is 5.89. The number of aromatic nitrogens is 1. The number of hydrogen-bond acceptors (Lipinski definition) is 4. The number of nitrogens with zero attached hydrogens (tertiary/aromatic N) is 1. The Morgan fingerprint density at radius 3 is 2.85 bits per heavy atom. The molecule has 0 bridgehead atoms. The van der Waals surface area contributed by atoms with E-state index < -0.39 is 0 Å². The maximum absolute atomic E-state index is 5.68. The molecule has 0 aliphatic carbocycles. The van der Waals surface area contributed by atoms with Gasteiger partial charge >= 0.3 is 0 Å². The van der Waals surface area contributed by atoms with Crippen molar-refractivity contribution in [1.82, 2.24) is 4.98 Å². The number of aryl methyl sites for hydroxylation is 1. The minimum absolute atomic E-state index is 0.613. The number of thioether (sulfide) groups is 1. The quantitative estimate of drug-likeness (QED) is 0.781. The third-order valence-corrected chi connectivity index (χ3v) is 4.54. The summed E-state index contributed by atoms with van der Waals surface area (Å²) in [6, 6.07) is 0. The molecule has 2 N–H and O–H groups in total. The van der Waals surface area contributed by atoms with Gasteiger partial charge in [-0.1, -0.05) is 6.42 Å². The van der Waals surface area contributed by atoms with Crippen molar-refractivity contribution in [1.29, 1.82) is 0 Å². The van der Waals surface area contributed by atoms with Gasteiger partial charge in [0.05, 0.1) is 5.69 Å². The zero-order chi connectivity index (χ0) is 9.26. The van der Waals surface area contributed by atoms with E-state index in [9.17, 15) is 0 Å². The molecule has 2 heterocycles. The second-order valence-electron chi connectivity index (χ2n) is 3.35. The molecule has 13 heavy (non-hydrogen) atoms. The largest absolute Gasteiger partial charge is 0.375 e. The Kier molecular flexibility index (Phi) is 2.79. The average Bonchev–Trinajstić information content (AvgIpc) is 2.47. The van der Waals surface area contributed by atoms with E-state index >= 15 is 0 Å². The minimum atomic E-state index is 0.613. The van der Waals surface area contributed by atoms with Crippen LogP contribution in [-0.2, 0) is 0 Å². The summed E-state index contributed by atoms with van der Waals surface area (Å²) in [5.74, 6) is 1.28. The van der Waals surface area contributed by atoms with Crippen LogP contribution in [-0.4, -0.2) is 10.7 Å². The summed E-state index contributed by atoms with van der Waals surface area (Å²) in [6.07, 6.45) is 3.98. The number of hydrogen-bond donors (Lipinski definition) is 1. The van der Waals surface area contributed by atoms with Crippen molar-refractivity contribution in [2.24, 2.45) is 0 Å². The molecule has 4 heteroatoms. The first-order chi connectivity index (χ1) is 6.27. The third kappa shape index (κ3) is 1.99. The van der Waals surface area contributed by atoms with Crippen LogP contribution in [0.1, 0.15) is 35.1 Å². The molecule has 1 atom stereocenters. The normalized spacial score (nSPS) is 23.3. The van der Waals surface area contributed by atoms with Crippen molar-refractivity contribution in [3.63, 3.8) is 0 Å². The van der Waals surface area contributed by atoms with Gasteiger partial charge in [0.2, 0.25) is 0 Å². The third-order valence-electron chi connectivity index (χ3n) is 2.33. The van der Waals surface area contributed by atoms with Crippen LogP contribution in [0.15, 0.2) is 0 Å². The average molecular weight is 214 g/mol. The molecule has 0 amide bonds. The summed E-state index contributed by atoms with van der Waals surface area (Å²) in [7, 11) is 0. The van der Waals surface area contributed by atoms with Gasteiger partial charge in [-0.15, -0.1) is 11.3 Å². The van der Waals surface area contributed by atoms with Crippen molar-refractivity contribution in [2.45, 2.75) is 31.4 Å². The lowest BCUT2D eigenvalue weighted by Gasteiger charge is -2.19. The van der Waals surface area contributed by atoms with E-state index in [2.05, 4.69) is 11.9 Å². The maximum Gasteiger partial charge on any atom is 0.180 e. The number of nitrogen functional groups attached to an aromatic ring is 1. The summed E-state index contributed by atoms with van der Waals surface area (Å²) in [4.78, 5) is 5.71. The fourth-order valence-electron chi connectivity index (χ4n) is 1.68. The van der Waals surface area contributed by atoms with E-state index in [1.54, 1.807) is 11.3 Å². The Balaban J connectivity index is 2.18. The number of thiazole rings is 1. The van der Waals surface area contributed by atoms with Crippen LogP contribution in [0.25, 0.3) is 0 Å². The Morgan fingerprint density at radius 2 is 2.31 bits per heavy atom. The predicted molar refractivity (Wildman–Crippen MR) is 60.3 cm³/mol. The lowest BCUT2D eigenvalue weighted by Crippen LogP contribution is -2.03. The molecule has 0 spiro atoms. The highest BCUT2D eigenvalue weighted by Gasteiger charge is 2.20. The molecule has 2 rings (SSSR count). The van der Waals surface area contributed by atoms with Gasteiger partial charge in [-0.2, -0.15) is 11.8 Å². The van der Waals surface area contributed by atoms with Gasteiger partial charge in [0, 0.05) is 10.1 Å². The lowest BCUT2D eigenvalue weighted by molar-refractivity contribution is 0.676. The van der Waals surface area contributed by atoms with Crippen molar-refractivity contribution in [3.05, 3.63) is 10.6 Å². The highest BCUT2D eigenvalue weighted by atomic mass is 32.2. The first-order valence-electron chi connectivity index (χ1n) is 4.62. The van der Waals surface area contributed by atoms with E-state index in [-0.39, 0.29) is 0 Å². The predicted octanol–water partition coefficient (Wildman–Crippen LogP) is 2.99. The molecule has 1 aliphatic rings. The standard InChI is InChI=1S/C9H14N2S2/c1-6-8(11-9(10)13-6)7-4-2-3-5-12-7/h7H,2-5H2,1H3,(H2,10,11). The molecule has 1 unspecified atom stereocenters. The van der Waals surface area contributed by atoms with Crippen LogP contribution in [0.5, 0.6) is 0 Å². The fourth-order valence-corrected chi connectivity index (χ4v) is 3.89. The van der Waals surface area contributed by atoms with Gasteiger partial charge in [-0.05, 0) is 25.5 Å². The van der Waals surface area contributed by atoms with Crippen molar-refractivity contribution in [2.75, 3.05) is 11.5 Å². The molecule has 0 radical (unpaired) electrons.